The number of aromatic amines is 1. The van der Waals surface area contributed by atoms with Crippen molar-refractivity contribution in [2.45, 2.75) is 31.8 Å². The lowest BCUT2D eigenvalue weighted by Crippen LogP contribution is -2.12. The van der Waals surface area contributed by atoms with E-state index in [4.69, 9.17) is 4.74 Å². The van der Waals surface area contributed by atoms with Crippen LogP contribution in [0.5, 0.6) is 5.75 Å². The minimum absolute atomic E-state index is 0.161. The molecule has 2 N–H and O–H groups in total. The number of hydrogen-bond donors (Lipinski definition) is 2. The highest BCUT2D eigenvalue weighted by molar-refractivity contribution is 7.99. The quantitative estimate of drug-likeness (QED) is 0.817. The number of nitrogens with one attached hydrogen (secondary N) is 2. The van der Waals surface area contributed by atoms with Crippen LogP contribution in [0.3, 0.4) is 0 Å². The Bertz CT molecular complexity index is 670. The fraction of sp³-hybridized carbons (Fsp3) is 0.375. The summed E-state index contributed by atoms with van der Waals surface area (Å²) in [7, 11) is 0. The summed E-state index contributed by atoms with van der Waals surface area (Å²) in [4.78, 5) is 19.0. The van der Waals surface area contributed by atoms with Gasteiger partial charge in [-0.05, 0) is 24.3 Å². The number of benzene rings is 1. The van der Waals surface area contributed by atoms with Crippen molar-refractivity contribution in [2.75, 3.05) is 11.9 Å². The molecule has 0 bridgehead atoms. The number of thioether (sulfide) groups is 1. The second-order valence-corrected chi connectivity index (χ2v) is 6.56. The summed E-state index contributed by atoms with van der Waals surface area (Å²) in [6.07, 6.45) is 0. The molecular formula is C16H21N3O2S. The van der Waals surface area contributed by atoms with E-state index in [1.54, 1.807) is 11.8 Å². The summed E-state index contributed by atoms with van der Waals surface area (Å²) >= 11 is 1.75. The Balaban J connectivity index is 2.21. The highest BCUT2D eigenvalue weighted by Gasteiger charge is 2.07. The van der Waals surface area contributed by atoms with Gasteiger partial charge in [0.1, 0.15) is 5.75 Å². The lowest BCUT2D eigenvalue weighted by Gasteiger charge is -2.12. The van der Waals surface area contributed by atoms with Gasteiger partial charge in [-0.3, -0.25) is 9.78 Å². The first-order valence-electron chi connectivity index (χ1n) is 7.29. The van der Waals surface area contributed by atoms with E-state index < -0.39 is 0 Å². The van der Waals surface area contributed by atoms with Crippen LogP contribution in [0.1, 0.15) is 26.5 Å². The zero-order valence-corrected chi connectivity index (χ0v) is 13.9. The number of aromatic nitrogens is 2. The Hall–Kier alpha value is -1.95. The molecule has 0 fully saturated rings. The molecule has 0 unspecified atom stereocenters. The van der Waals surface area contributed by atoms with Crippen molar-refractivity contribution in [3.05, 3.63) is 46.4 Å². The number of hydrogen-bond acceptors (Lipinski definition) is 5. The molecule has 118 valence electrons. The molecule has 1 heterocycles. The van der Waals surface area contributed by atoms with Crippen LogP contribution in [-0.4, -0.2) is 21.8 Å². The number of anilines is 2. The van der Waals surface area contributed by atoms with Crippen molar-refractivity contribution in [2.24, 2.45) is 0 Å². The van der Waals surface area contributed by atoms with Crippen LogP contribution in [-0.2, 0) is 5.75 Å². The molecule has 1 aromatic heterocycles. The van der Waals surface area contributed by atoms with Gasteiger partial charge in [-0.15, -0.1) is 0 Å². The van der Waals surface area contributed by atoms with Crippen molar-refractivity contribution in [1.82, 2.24) is 9.97 Å². The fourth-order valence-electron chi connectivity index (χ4n) is 1.87. The average Bonchev–Trinajstić information content (AvgIpc) is 2.47. The Morgan fingerprint density at radius 1 is 1.36 bits per heavy atom. The van der Waals surface area contributed by atoms with E-state index in [1.165, 1.54) is 6.07 Å². The predicted molar refractivity (Wildman–Crippen MR) is 92.2 cm³/mol. The maximum Gasteiger partial charge on any atom is 0.252 e. The second-order valence-electron chi connectivity index (χ2n) is 5.00. The first kappa shape index (κ1) is 16.4. The van der Waals surface area contributed by atoms with Gasteiger partial charge in [0.25, 0.3) is 5.56 Å². The van der Waals surface area contributed by atoms with Gasteiger partial charge in [0.2, 0.25) is 5.95 Å². The normalized spacial score (nSPS) is 10.7. The second kappa shape index (κ2) is 7.89. The van der Waals surface area contributed by atoms with Crippen molar-refractivity contribution >= 4 is 23.4 Å². The molecule has 2 rings (SSSR count). The van der Waals surface area contributed by atoms with Crippen molar-refractivity contribution in [1.29, 1.82) is 0 Å². The largest absolute Gasteiger partial charge is 0.492 e. The summed E-state index contributed by atoms with van der Waals surface area (Å²) in [5.74, 6) is 1.87. The Labute approximate surface area is 134 Å². The first-order valence-corrected chi connectivity index (χ1v) is 8.34. The number of rotatable bonds is 7. The van der Waals surface area contributed by atoms with Gasteiger partial charge in [0.05, 0.1) is 18.0 Å². The molecule has 0 radical (unpaired) electrons. The van der Waals surface area contributed by atoms with Gasteiger partial charge in [-0.1, -0.05) is 26.0 Å². The van der Waals surface area contributed by atoms with E-state index in [9.17, 15) is 4.79 Å². The monoisotopic (exact) mass is 319 g/mol. The third kappa shape index (κ3) is 4.80. The molecule has 0 aliphatic carbocycles. The van der Waals surface area contributed by atoms with E-state index >= 15 is 0 Å². The van der Waals surface area contributed by atoms with E-state index in [-0.39, 0.29) is 5.56 Å². The van der Waals surface area contributed by atoms with Crippen LogP contribution in [0.15, 0.2) is 35.1 Å². The number of H-pyrrole nitrogens is 1. The number of para-hydroxylation sites is 2. The van der Waals surface area contributed by atoms with Gasteiger partial charge in [-0.2, -0.15) is 11.8 Å². The Morgan fingerprint density at radius 2 is 2.14 bits per heavy atom. The first-order chi connectivity index (χ1) is 10.6. The van der Waals surface area contributed by atoms with E-state index in [0.29, 0.717) is 23.6 Å². The topological polar surface area (TPSA) is 67.0 Å². The van der Waals surface area contributed by atoms with E-state index in [0.717, 1.165) is 17.1 Å². The van der Waals surface area contributed by atoms with Gasteiger partial charge in [-0.25, -0.2) is 4.98 Å². The highest BCUT2D eigenvalue weighted by atomic mass is 32.2. The highest BCUT2D eigenvalue weighted by Crippen LogP contribution is 2.26. The van der Waals surface area contributed by atoms with Crippen LogP contribution in [0.4, 0.5) is 11.6 Å². The Kier molecular flexibility index (Phi) is 5.89. The van der Waals surface area contributed by atoms with Gasteiger partial charge >= 0.3 is 0 Å². The third-order valence-electron chi connectivity index (χ3n) is 2.80. The summed E-state index contributed by atoms with van der Waals surface area (Å²) in [6.45, 7) is 6.75. The number of nitrogens with zero attached hydrogens (tertiary/aromatic N) is 1. The lowest BCUT2D eigenvalue weighted by molar-refractivity contribution is 0.342. The summed E-state index contributed by atoms with van der Waals surface area (Å²) < 4.78 is 5.56. The zero-order chi connectivity index (χ0) is 15.9. The molecule has 0 aliphatic heterocycles. The molecule has 22 heavy (non-hydrogen) atoms. The lowest BCUT2D eigenvalue weighted by atomic mass is 10.3. The molecule has 0 aliphatic rings. The van der Waals surface area contributed by atoms with Crippen LogP contribution in [0.25, 0.3) is 0 Å². The van der Waals surface area contributed by atoms with Gasteiger partial charge < -0.3 is 10.1 Å². The maximum absolute atomic E-state index is 11.8. The van der Waals surface area contributed by atoms with Crippen LogP contribution in [0, 0.1) is 0 Å². The van der Waals surface area contributed by atoms with Gasteiger partial charge in [0.15, 0.2) is 0 Å². The standard InChI is InChI=1S/C16H21N3O2S/c1-4-21-14-8-6-5-7-13(14)18-16-17-12(9-15(20)19-16)10-22-11(2)3/h5-9,11H,4,10H2,1-3H3,(H2,17,18,19,20). The Morgan fingerprint density at radius 3 is 2.86 bits per heavy atom. The maximum atomic E-state index is 11.8. The molecule has 0 saturated heterocycles. The fourth-order valence-corrected chi connectivity index (χ4v) is 2.52. The predicted octanol–water partition coefficient (Wildman–Crippen LogP) is 3.55. The molecule has 0 saturated carbocycles. The molecule has 5 nitrogen and oxygen atoms in total. The van der Waals surface area contributed by atoms with Crippen molar-refractivity contribution < 1.29 is 4.74 Å². The molecule has 2 aromatic rings. The van der Waals surface area contributed by atoms with Crippen molar-refractivity contribution in [3.63, 3.8) is 0 Å². The molecule has 1 aromatic carbocycles. The van der Waals surface area contributed by atoms with Gasteiger partial charge in [0, 0.05) is 11.8 Å². The molecule has 0 amide bonds. The van der Waals surface area contributed by atoms with Crippen LogP contribution in [0.2, 0.25) is 0 Å². The van der Waals surface area contributed by atoms with Crippen LogP contribution < -0.4 is 15.6 Å². The average molecular weight is 319 g/mol. The molecule has 6 heteroatoms. The summed E-state index contributed by atoms with van der Waals surface area (Å²) in [6, 6.07) is 9.11. The van der Waals surface area contributed by atoms with Crippen molar-refractivity contribution in [3.8, 4) is 5.75 Å². The number of ether oxygens (including phenoxy) is 1. The van der Waals surface area contributed by atoms with Crippen LogP contribution >= 0.6 is 11.8 Å². The minimum Gasteiger partial charge on any atom is -0.492 e. The molecule has 0 spiro atoms. The van der Waals surface area contributed by atoms with E-state index in [2.05, 4.69) is 29.1 Å². The molecular weight excluding hydrogens is 298 g/mol. The summed E-state index contributed by atoms with van der Waals surface area (Å²) in [5.41, 5.74) is 1.38. The smallest absolute Gasteiger partial charge is 0.252 e. The van der Waals surface area contributed by atoms with E-state index in [1.807, 2.05) is 31.2 Å². The summed E-state index contributed by atoms with van der Waals surface area (Å²) in [5, 5.41) is 3.62. The minimum atomic E-state index is -0.161. The molecule has 0 atom stereocenters. The SMILES string of the molecule is CCOc1ccccc1Nc1nc(CSC(C)C)cc(=O)[nH]1. The zero-order valence-electron chi connectivity index (χ0n) is 13.1. The third-order valence-corrected chi connectivity index (χ3v) is 3.93.